The summed E-state index contributed by atoms with van der Waals surface area (Å²) in [6.45, 7) is 2.11. The van der Waals surface area contributed by atoms with Gasteiger partial charge in [-0.05, 0) is 24.3 Å². The molecule has 0 radical (unpaired) electrons. The van der Waals surface area contributed by atoms with Crippen LogP contribution >= 0.6 is 0 Å². The first-order valence-electron chi connectivity index (χ1n) is 6.86. The lowest BCUT2D eigenvalue weighted by Gasteiger charge is -2.23. The van der Waals surface area contributed by atoms with Gasteiger partial charge >= 0.3 is 0 Å². The van der Waals surface area contributed by atoms with Gasteiger partial charge in [0.1, 0.15) is 5.75 Å². The zero-order valence-electron chi connectivity index (χ0n) is 12.5. The Labute approximate surface area is 128 Å². The maximum absolute atomic E-state index is 11.9. The van der Waals surface area contributed by atoms with Crippen LogP contribution in [-0.4, -0.2) is 32.0 Å². The van der Waals surface area contributed by atoms with E-state index in [1.165, 1.54) is 13.2 Å². The number of carbonyl (C=O) groups excluding carboxylic acids is 2. The Morgan fingerprint density at radius 1 is 1.23 bits per heavy atom. The topological polar surface area (TPSA) is 71.8 Å². The van der Waals surface area contributed by atoms with Gasteiger partial charge in [0.2, 0.25) is 5.91 Å². The van der Waals surface area contributed by atoms with Crippen molar-refractivity contribution >= 4 is 17.5 Å². The first-order chi connectivity index (χ1) is 10.6. The Morgan fingerprint density at radius 3 is 2.64 bits per heavy atom. The van der Waals surface area contributed by atoms with Crippen molar-refractivity contribution < 1.29 is 18.7 Å². The molecule has 0 aliphatic heterocycles. The number of ether oxygens (including phenoxy) is 1. The number of benzene rings is 1. The molecule has 0 fully saturated rings. The molecule has 1 aromatic heterocycles. The standard InChI is InChI=1S/C16H18N2O4/c1-12(19)18(13-6-3-4-7-14(13)21-2)10-9-17-16(20)15-8-5-11-22-15/h3-8,11H,9-10H2,1-2H3,(H,17,20). The van der Waals surface area contributed by atoms with Crippen molar-refractivity contribution in [3.63, 3.8) is 0 Å². The van der Waals surface area contributed by atoms with Crippen molar-refractivity contribution in [1.82, 2.24) is 5.32 Å². The zero-order valence-corrected chi connectivity index (χ0v) is 12.5. The molecule has 1 aromatic carbocycles. The Morgan fingerprint density at radius 2 is 2.00 bits per heavy atom. The molecule has 0 aliphatic carbocycles. The minimum Gasteiger partial charge on any atom is -0.495 e. The molecule has 2 rings (SSSR count). The molecule has 0 spiro atoms. The summed E-state index contributed by atoms with van der Waals surface area (Å²) in [5, 5.41) is 2.71. The number of para-hydroxylation sites is 2. The van der Waals surface area contributed by atoms with Crippen LogP contribution in [0.15, 0.2) is 47.1 Å². The highest BCUT2D eigenvalue weighted by Gasteiger charge is 2.16. The lowest BCUT2D eigenvalue weighted by molar-refractivity contribution is -0.116. The predicted molar refractivity (Wildman–Crippen MR) is 82.1 cm³/mol. The van der Waals surface area contributed by atoms with Gasteiger partial charge in [-0.2, -0.15) is 0 Å². The number of furan rings is 1. The van der Waals surface area contributed by atoms with Crippen molar-refractivity contribution in [2.45, 2.75) is 6.92 Å². The van der Waals surface area contributed by atoms with E-state index in [0.29, 0.717) is 24.5 Å². The maximum atomic E-state index is 11.9. The number of nitrogens with zero attached hydrogens (tertiary/aromatic N) is 1. The molecule has 116 valence electrons. The van der Waals surface area contributed by atoms with E-state index in [0.717, 1.165) is 0 Å². The summed E-state index contributed by atoms with van der Waals surface area (Å²) in [5.41, 5.74) is 0.671. The summed E-state index contributed by atoms with van der Waals surface area (Å²) in [4.78, 5) is 25.2. The number of methoxy groups -OCH3 is 1. The third-order valence-electron chi connectivity index (χ3n) is 3.12. The van der Waals surface area contributed by atoms with Crippen LogP contribution in [0.1, 0.15) is 17.5 Å². The van der Waals surface area contributed by atoms with Gasteiger partial charge in [0, 0.05) is 20.0 Å². The molecule has 1 heterocycles. The van der Waals surface area contributed by atoms with E-state index in [1.54, 1.807) is 36.3 Å². The number of anilines is 1. The van der Waals surface area contributed by atoms with E-state index >= 15 is 0 Å². The van der Waals surface area contributed by atoms with E-state index in [-0.39, 0.29) is 17.6 Å². The van der Waals surface area contributed by atoms with E-state index < -0.39 is 0 Å². The Kier molecular flexibility index (Phi) is 5.19. The number of hydrogen-bond donors (Lipinski definition) is 1. The fourth-order valence-electron chi connectivity index (χ4n) is 2.08. The summed E-state index contributed by atoms with van der Waals surface area (Å²) in [5.74, 6) is 0.409. The van der Waals surface area contributed by atoms with Crippen LogP contribution in [0.3, 0.4) is 0 Å². The number of hydrogen-bond acceptors (Lipinski definition) is 4. The molecule has 6 nitrogen and oxygen atoms in total. The average Bonchev–Trinajstić information content (AvgIpc) is 3.05. The second-order valence-corrected chi connectivity index (χ2v) is 4.58. The third-order valence-corrected chi connectivity index (χ3v) is 3.12. The number of carbonyl (C=O) groups is 2. The Balaban J connectivity index is 2.01. The van der Waals surface area contributed by atoms with Gasteiger partial charge in [0.25, 0.3) is 5.91 Å². The van der Waals surface area contributed by atoms with E-state index in [1.807, 2.05) is 12.1 Å². The van der Waals surface area contributed by atoms with Gasteiger partial charge in [-0.15, -0.1) is 0 Å². The zero-order chi connectivity index (χ0) is 15.9. The van der Waals surface area contributed by atoms with Gasteiger partial charge in [-0.25, -0.2) is 0 Å². The second kappa shape index (κ2) is 7.31. The molecule has 0 unspecified atom stereocenters. The summed E-state index contributed by atoms with van der Waals surface area (Å²) >= 11 is 0. The summed E-state index contributed by atoms with van der Waals surface area (Å²) in [6.07, 6.45) is 1.44. The Hall–Kier alpha value is -2.76. The molecule has 2 amide bonds. The monoisotopic (exact) mass is 302 g/mol. The maximum Gasteiger partial charge on any atom is 0.287 e. The van der Waals surface area contributed by atoms with Crippen LogP contribution in [-0.2, 0) is 4.79 Å². The Bertz CT molecular complexity index is 637. The van der Waals surface area contributed by atoms with Crippen LogP contribution in [0.2, 0.25) is 0 Å². The fraction of sp³-hybridized carbons (Fsp3) is 0.250. The molecular formula is C16H18N2O4. The molecule has 0 atom stereocenters. The van der Waals surface area contributed by atoms with Crippen molar-refractivity contribution in [1.29, 1.82) is 0 Å². The van der Waals surface area contributed by atoms with Crippen LogP contribution in [0.5, 0.6) is 5.75 Å². The van der Waals surface area contributed by atoms with Crippen molar-refractivity contribution in [3.05, 3.63) is 48.4 Å². The first kappa shape index (κ1) is 15.6. The highest BCUT2D eigenvalue weighted by Crippen LogP contribution is 2.27. The first-order valence-corrected chi connectivity index (χ1v) is 6.86. The minimum absolute atomic E-state index is 0.128. The molecule has 0 aliphatic rings. The number of amides is 2. The summed E-state index contributed by atoms with van der Waals surface area (Å²) in [6, 6.07) is 10.5. The molecular weight excluding hydrogens is 284 g/mol. The number of nitrogens with one attached hydrogen (secondary N) is 1. The fourth-order valence-corrected chi connectivity index (χ4v) is 2.08. The van der Waals surface area contributed by atoms with Gasteiger partial charge in [-0.1, -0.05) is 12.1 Å². The average molecular weight is 302 g/mol. The van der Waals surface area contributed by atoms with Crippen LogP contribution in [0.4, 0.5) is 5.69 Å². The van der Waals surface area contributed by atoms with Gasteiger partial charge in [-0.3, -0.25) is 9.59 Å². The smallest absolute Gasteiger partial charge is 0.287 e. The highest BCUT2D eigenvalue weighted by molar-refractivity contribution is 5.94. The molecule has 0 saturated carbocycles. The van der Waals surface area contributed by atoms with E-state index in [4.69, 9.17) is 9.15 Å². The third kappa shape index (κ3) is 3.66. The lowest BCUT2D eigenvalue weighted by Crippen LogP contribution is -2.37. The largest absolute Gasteiger partial charge is 0.495 e. The molecule has 1 N–H and O–H groups in total. The highest BCUT2D eigenvalue weighted by atomic mass is 16.5. The van der Waals surface area contributed by atoms with Crippen LogP contribution in [0.25, 0.3) is 0 Å². The van der Waals surface area contributed by atoms with E-state index in [2.05, 4.69) is 5.32 Å². The minimum atomic E-state index is -0.312. The quantitative estimate of drug-likeness (QED) is 0.886. The van der Waals surface area contributed by atoms with Crippen LogP contribution < -0.4 is 15.0 Å². The number of rotatable bonds is 6. The normalized spacial score (nSPS) is 10.1. The predicted octanol–water partition coefficient (Wildman–Crippen LogP) is 2.07. The molecule has 0 saturated heterocycles. The molecule has 0 bridgehead atoms. The summed E-state index contributed by atoms with van der Waals surface area (Å²) < 4.78 is 10.3. The lowest BCUT2D eigenvalue weighted by atomic mass is 10.2. The van der Waals surface area contributed by atoms with Gasteiger partial charge < -0.3 is 19.4 Å². The van der Waals surface area contributed by atoms with Crippen molar-refractivity contribution in [3.8, 4) is 5.75 Å². The molecule has 22 heavy (non-hydrogen) atoms. The van der Waals surface area contributed by atoms with Crippen molar-refractivity contribution in [2.24, 2.45) is 0 Å². The van der Waals surface area contributed by atoms with Crippen molar-refractivity contribution in [2.75, 3.05) is 25.1 Å². The van der Waals surface area contributed by atoms with Gasteiger partial charge in [0.05, 0.1) is 19.1 Å². The SMILES string of the molecule is COc1ccccc1N(CCNC(=O)c1ccco1)C(C)=O. The van der Waals surface area contributed by atoms with Gasteiger partial charge in [0.15, 0.2) is 5.76 Å². The second-order valence-electron chi connectivity index (χ2n) is 4.58. The van der Waals surface area contributed by atoms with E-state index in [9.17, 15) is 9.59 Å². The molecule has 2 aromatic rings. The van der Waals surface area contributed by atoms with Crippen LogP contribution in [0, 0.1) is 0 Å². The molecule has 6 heteroatoms. The summed E-state index contributed by atoms with van der Waals surface area (Å²) in [7, 11) is 1.55.